The van der Waals surface area contributed by atoms with Gasteiger partial charge < -0.3 is 15.2 Å². The van der Waals surface area contributed by atoms with Crippen molar-refractivity contribution < 1.29 is 4.52 Å². The first-order valence-electron chi connectivity index (χ1n) is 6.76. The van der Waals surface area contributed by atoms with Gasteiger partial charge in [0.2, 0.25) is 5.89 Å². The van der Waals surface area contributed by atoms with Crippen LogP contribution in [0.2, 0.25) is 0 Å². The van der Waals surface area contributed by atoms with E-state index in [9.17, 15) is 0 Å². The summed E-state index contributed by atoms with van der Waals surface area (Å²) in [5, 5.41) is 10.3. The molecule has 6 nitrogen and oxygen atoms in total. The van der Waals surface area contributed by atoms with Crippen molar-refractivity contribution in [3.63, 3.8) is 0 Å². The predicted molar refractivity (Wildman–Crippen MR) is 76.2 cm³/mol. The molecule has 0 radical (unpaired) electrons. The molecule has 0 aromatic carbocycles. The molecule has 0 fully saturated rings. The number of guanidine groups is 1. The van der Waals surface area contributed by atoms with E-state index in [1.54, 1.807) is 0 Å². The van der Waals surface area contributed by atoms with Gasteiger partial charge >= 0.3 is 0 Å². The average molecular weight is 267 g/mol. The zero-order chi connectivity index (χ0) is 14.3. The smallest absolute Gasteiger partial charge is 0.226 e. The summed E-state index contributed by atoms with van der Waals surface area (Å²) in [5.41, 5.74) is 0.00457. The lowest BCUT2D eigenvalue weighted by Gasteiger charge is -2.23. The van der Waals surface area contributed by atoms with Gasteiger partial charge in [0.25, 0.3) is 0 Å². The molecule has 1 rings (SSSR count). The van der Waals surface area contributed by atoms with Gasteiger partial charge in [-0.2, -0.15) is 4.98 Å². The summed E-state index contributed by atoms with van der Waals surface area (Å²) in [6.45, 7) is 11.8. The molecule has 0 bridgehead atoms. The third-order valence-electron chi connectivity index (χ3n) is 2.23. The molecule has 0 saturated carbocycles. The summed E-state index contributed by atoms with van der Waals surface area (Å²) in [7, 11) is 0. The molecule has 0 atom stereocenters. The normalized spacial score (nSPS) is 12.6. The number of aryl methyl sites for hydroxylation is 2. The Labute approximate surface area is 115 Å². The van der Waals surface area contributed by atoms with Crippen LogP contribution in [0.15, 0.2) is 9.52 Å². The topological polar surface area (TPSA) is 75.3 Å². The molecule has 0 aliphatic heterocycles. The molecule has 1 heterocycles. The maximum absolute atomic E-state index is 5.06. The third-order valence-corrected chi connectivity index (χ3v) is 2.23. The van der Waals surface area contributed by atoms with E-state index in [-0.39, 0.29) is 5.54 Å². The molecule has 1 aromatic heterocycles. The Morgan fingerprint density at radius 1 is 1.37 bits per heavy atom. The van der Waals surface area contributed by atoms with E-state index in [4.69, 9.17) is 4.52 Å². The Morgan fingerprint density at radius 2 is 2.11 bits per heavy atom. The third kappa shape index (κ3) is 6.79. The maximum atomic E-state index is 5.06. The molecule has 0 aliphatic rings. The molecule has 0 unspecified atom stereocenters. The fourth-order valence-corrected chi connectivity index (χ4v) is 1.52. The van der Waals surface area contributed by atoms with Crippen LogP contribution >= 0.6 is 0 Å². The predicted octanol–water partition coefficient (Wildman–Crippen LogP) is 1.66. The first-order valence-corrected chi connectivity index (χ1v) is 6.76. The molecule has 0 aliphatic carbocycles. The number of rotatable bonds is 5. The van der Waals surface area contributed by atoms with Crippen LogP contribution in [0.3, 0.4) is 0 Å². The Kier molecular flexibility index (Phi) is 5.79. The van der Waals surface area contributed by atoms with Crippen molar-refractivity contribution in [2.75, 3.05) is 13.1 Å². The maximum Gasteiger partial charge on any atom is 0.226 e. The summed E-state index contributed by atoms with van der Waals surface area (Å²) in [6.07, 6.45) is 1.65. The van der Waals surface area contributed by atoms with Gasteiger partial charge in [0, 0.05) is 25.0 Å². The highest BCUT2D eigenvalue weighted by atomic mass is 16.5. The fraction of sp³-hybridized carbons (Fsp3) is 0.769. The van der Waals surface area contributed by atoms with Crippen molar-refractivity contribution in [1.29, 1.82) is 0 Å². The first kappa shape index (κ1) is 15.5. The van der Waals surface area contributed by atoms with E-state index in [2.05, 4.69) is 53.5 Å². The number of nitrogens with zero attached hydrogens (tertiary/aromatic N) is 3. The lowest BCUT2D eigenvalue weighted by Crippen LogP contribution is -2.47. The van der Waals surface area contributed by atoms with Crippen molar-refractivity contribution in [2.24, 2.45) is 4.99 Å². The van der Waals surface area contributed by atoms with Crippen LogP contribution in [-0.2, 0) is 6.42 Å². The Morgan fingerprint density at radius 3 is 2.63 bits per heavy atom. The molecule has 0 saturated heterocycles. The highest BCUT2D eigenvalue weighted by Crippen LogP contribution is 2.01. The highest BCUT2D eigenvalue weighted by molar-refractivity contribution is 5.80. The SMILES string of the molecule is CCNC(=NCCCc1nc(C)no1)NC(C)(C)C. The summed E-state index contributed by atoms with van der Waals surface area (Å²) < 4.78 is 5.06. The Hall–Kier alpha value is -1.59. The molecule has 6 heteroatoms. The van der Waals surface area contributed by atoms with Crippen LogP contribution in [0.1, 0.15) is 45.8 Å². The van der Waals surface area contributed by atoms with Gasteiger partial charge in [-0.3, -0.25) is 4.99 Å². The van der Waals surface area contributed by atoms with Crippen molar-refractivity contribution in [2.45, 2.75) is 53.0 Å². The first-order chi connectivity index (χ1) is 8.90. The van der Waals surface area contributed by atoms with Crippen molar-refractivity contribution in [3.8, 4) is 0 Å². The highest BCUT2D eigenvalue weighted by Gasteiger charge is 2.11. The zero-order valence-electron chi connectivity index (χ0n) is 12.6. The van der Waals surface area contributed by atoms with Gasteiger partial charge in [0.15, 0.2) is 11.8 Å². The number of aromatic nitrogens is 2. The molecular formula is C13H25N5O. The van der Waals surface area contributed by atoms with Crippen molar-refractivity contribution in [3.05, 3.63) is 11.7 Å². The average Bonchev–Trinajstić information content (AvgIpc) is 2.68. The molecule has 2 N–H and O–H groups in total. The van der Waals surface area contributed by atoms with Crippen LogP contribution < -0.4 is 10.6 Å². The molecule has 0 amide bonds. The minimum absolute atomic E-state index is 0.00457. The van der Waals surface area contributed by atoms with Crippen LogP contribution in [0.4, 0.5) is 0 Å². The zero-order valence-corrected chi connectivity index (χ0v) is 12.6. The van der Waals surface area contributed by atoms with E-state index >= 15 is 0 Å². The second-order valence-corrected chi connectivity index (χ2v) is 5.47. The van der Waals surface area contributed by atoms with Crippen LogP contribution in [0.5, 0.6) is 0 Å². The van der Waals surface area contributed by atoms with E-state index in [1.807, 2.05) is 6.92 Å². The largest absolute Gasteiger partial charge is 0.357 e. The van der Waals surface area contributed by atoms with Crippen LogP contribution in [0.25, 0.3) is 0 Å². The lowest BCUT2D eigenvalue weighted by molar-refractivity contribution is 0.372. The second kappa shape index (κ2) is 7.11. The Bertz CT molecular complexity index is 405. The van der Waals surface area contributed by atoms with Gasteiger partial charge in [-0.05, 0) is 41.0 Å². The minimum Gasteiger partial charge on any atom is -0.357 e. The fourth-order valence-electron chi connectivity index (χ4n) is 1.52. The van der Waals surface area contributed by atoms with E-state index in [1.165, 1.54) is 0 Å². The van der Waals surface area contributed by atoms with Gasteiger partial charge in [-0.1, -0.05) is 5.16 Å². The quantitative estimate of drug-likeness (QED) is 0.482. The summed E-state index contributed by atoms with van der Waals surface area (Å²) in [6, 6.07) is 0. The summed E-state index contributed by atoms with van der Waals surface area (Å²) >= 11 is 0. The molecule has 108 valence electrons. The summed E-state index contributed by atoms with van der Waals surface area (Å²) in [5.74, 6) is 2.21. The Balaban J connectivity index is 2.38. The van der Waals surface area contributed by atoms with Gasteiger partial charge in [0.1, 0.15) is 0 Å². The number of hydrogen-bond donors (Lipinski definition) is 2. The number of aliphatic imine (C=N–C) groups is 1. The molecule has 1 aromatic rings. The lowest BCUT2D eigenvalue weighted by atomic mass is 10.1. The van der Waals surface area contributed by atoms with Crippen LogP contribution in [-0.4, -0.2) is 34.7 Å². The molecule has 19 heavy (non-hydrogen) atoms. The van der Waals surface area contributed by atoms with E-state index < -0.39 is 0 Å². The van der Waals surface area contributed by atoms with Crippen LogP contribution in [0, 0.1) is 6.92 Å². The van der Waals surface area contributed by atoms with Crippen molar-refractivity contribution in [1.82, 2.24) is 20.8 Å². The van der Waals surface area contributed by atoms with Gasteiger partial charge in [0.05, 0.1) is 0 Å². The summed E-state index contributed by atoms with van der Waals surface area (Å²) in [4.78, 5) is 8.69. The van der Waals surface area contributed by atoms with E-state index in [0.29, 0.717) is 11.7 Å². The van der Waals surface area contributed by atoms with Gasteiger partial charge in [-0.15, -0.1) is 0 Å². The molecule has 0 spiro atoms. The van der Waals surface area contributed by atoms with E-state index in [0.717, 1.165) is 31.9 Å². The van der Waals surface area contributed by atoms with Crippen molar-refractivity contribution >= 4 is 5.96 Å². The molecular weight excluding hydrogens is 242 g/mol. The number of nitrogens with one attached hydrogen (secondary N) is 2. The second-order valence-electron chi connectivity index (χ2n) is 5.47. The monoisotopic (exact) mass is 267 g/mol. The number of hydrogen-bond acceptors (Lipinski definition) is 4. The standard InChI is InChI=1S/C13H25N5O/c1-6-14-12(17-13(3,4)5)15-9-7-8-11-16-10(2)18-19-11/h6-9H2,1-5H3,(H2,14,15,17). The van der Waals surface area contributed by atoms with Gasteiger partial charge in [-0.25, -0.2) is 0 Å². The minimum atomic E-state index is 0.00457.